The van der Waals surface area contributed by atoms with E-state index >= 15 is 0 Å². The lowest BCUT2D eigenvalue weighted by molar-refractivity contribution is 0.0752. The largest absolute Gasteiger partial charge is 0.380 e. The summed E-state index contributed by atoms with van der Waals surface area (Å²) in [5.41, 5.74) is 0.532. The monoisotopic (exact) mass is 280 g/mol. The van der Waals surface area contributed by atoms with E-state index in [1.807, 2.05) is 0 Å². The van der Waals surface area contributed by atoms with E-state index in [1.54, 1.807) is 0 Å². The quantitative estimate of drug-likeness (QED) is 0.838. The van der Waals surface area contributed by atoms with Crippen LogP contribution in [0.3, 0.4) is 0 Å². The maximum Gasteiger partial charge on any atom is 0.0593 e. The normalized spacial score (nSPS) is 36.8. The molecular weight excluding hydrogens is 248 g/mol. The molecule has 3 heteroatoms. The third-order valence-corrected chi connectivity index (χ3v) is 5.40. The van der Waals surface area contributed by atoms with Gasteiger partial charge in [-0.3, -0.25) is 0 Å². The Hall–Kier alpha value is -0.120. The predicted octanol–water partition coefficient (Wildman–Crippen LogP) is 2.66. The molecule has 1 heterocycles. The van der Waals surface area contributed by atoms with Gasteiger partial charge < -0.3 is 15.0 Å². The lowest BCUT2D eigenvalue weighted by Crippen LogP contribution is -2.47. The average Bonchev–Trinajstić information content (AvgIpc) is 3.24. The fourth-order valence-electron chi connectivity index (χ4n) is 4.21. The minimum absolute atomic E-state index is 0.532. The highest BCUT2D eigenvalue weighted by atomic mass is 16.5. The Bertz CT molecular complexity index is 297. The average molecular weight is 280 g/mol. The van der Waals surface area contributed by atoms with E-state index in [0.29, 0.717) is 5.41 Å². The van der Waals surface area contributed by atoms with E-state index in [2.05, 4.69) is 17.1 Å². The van der Waals surface area contributed by atoms with E-state index in [0.717, 1.165) is 31.7 Å². The molecule has 1 aliphatic heterocycles. The topological polar surface area (TPSA) is 24.5 Å². The molecule has 0 aromatic carbocycles. The third kappa shape index (κ3) is 4.19. The second-order valence-corrected chi connectivity index (χ2v) is 7.60. The Morgan fingerprint density at radius 1 is 1.15 bits per heavy atom. The van der Waals surface area contributed by atoms with Crippen LogP contribution < -0.4 is 5.32 Å². The van der Waals surface area contributed by atoms with Crippen LogP contribution in [0.15, 0.2) is 0 Å². The van der Waals surface area contributed by atoms with Gasteiger partial charge in [0.15, 0.2) is 0 Å². The van der Waals surface area contributed by atoms with Crippen LogP contribution in [0.5, 0.6) is 0 Å². The van der Waals surface area contributed by atoms with Gasteiger partial charge >= 0.3 is 0 Å². The second kappa shape index (κ2) is 6.76. The second-order valence-electron chi connectivity index (χ2n) is 7.60. The highest BCUT2D eigenvalue weighted by molar-refractivity contribution is 4.93. The summed E-state index contributed by atoms with van der Waals surface area (Å²) in [7, 11) is 0. The van der Waals surface area contributed by atoms with Crippen LogP contribution in [0.2, 0.25) is 0 Å². The van der Waals surface area contributed by atoms with Gasteiger partial charge in [-0.25, -0.2) is 0 Å². The molecule has 0 bridgehead atoms. The van der Waals surface area contributed by atoms with Crippen LogP contribution in [-0.2, 0) is 4.74 Å². The van der Waals surface area contributed by atoms with Crippen LogP contribution in [0.4, 0.5) is 0 Å². The van der Waals surface area contributed by atoms with E-state index in [1.165, 1.54) is 64.6 Å². The van der Waals surface area contributed by atoms with Crippen molar-refractivity contribution in [2.75, 3.05) is 39.4 Å². The van der Waals surface area contributed by atoms with Gasteiger partial charge in [0, 0.05) is 38.8 Å². The van der Waals surface area contributed by atoms with Crippen LogP contribution in [0.25, 0.3) is 0 Å². The Balaban J connectivity index is 1.60. The molecular formula is C17H32N2O. The zero-order valence-corrected chi connectivity index (χ0v) is 13.2. The molecule has 3 aliphatic rings. The Labute approximate surface area is 124 Å². The van der Waals surface area contributed by atoms with Gasteiger partial charge in [-0.05, 0) is 43.4 Å². The first-order valence-electron chi connectivity index (χ1n) is 8.79. The van der Waals surface area contributed by atoms with Crippen molar-refractivity contribution < 1.29 is 4.74 Å². The van der Waals surface area contributed by atoms with Gasteiger partial charge in [0.05, 0.1) is 6.61 Å². The van der Waals surface area contributed by atoms with Crippen LogP contribution in [0, 0.1) is 11.3 Å². The molecule has 2 unspecified atom stereocenters. The predicted molar refractivity (Wildman–Crippen MR) is 83.0 cm³/mol. The summed E-state index contributed by atoms with van der Waals surface area (Å²) in [4.78, 5) is 2.68. The van der Waals surface area contributed by atoms with E-state index in [4.69, 9.17) is 4.74 Å². The van der Waals surface area contributed by atoms with E-state index in [-0.39, 0.29) is 0 Å². The number of rotatable bonds is 5. The number of hydrogen-bond acceptors (Lipinski definition) is 3. The van der Waals surface area contributed by atoms with Crippen molar-refractivity contribution in [3.05, 3.63) is 0 Å². The van der Waals surface area contributed by atoms with E-state index < -0.39 is 0 Å². The molecule has 3 nitrogen and oxygen atoms in total. The molecule has 116 valence electrons. The van der Waals surface area contributed by atoms with Crippen LogP contribution in [0.1, 0.15) is 51.9 Å². The molecule has 2 aliphatic carbocycles. The molecule has 0 amide bonds. The Kier molecular flexibility index (Phi) is 5.00. The number of nitrogens with one attached hydrogen (secondary N) is 1. The first-order valence-corrected chi connectivity index (χ1v) is 8.79. The van der Waals surface area contributed by atoms with Crippen molar-refractivity contribution in [1.82, 2.24) is 10.2 Å². The van der Waals surface area contributed by atoms with Crippen molar-refractivity contribution in [3.8, 4) is 0 Å². The van der Waals surface area contributed by atoms with Crippen molar-refractivity contribution in [3.63, 3.8) is 0 Å². The van der Waals surface area contributed by atoms with Gasteiger partial charge in [0.2, 0.25) is 0 Å². The highest BCUT2D eigenvalue weighted by Crippen LogP contribution is 2.40. The molecule has 0 aromatic heterocycles. The van der Waals surface area contributed by atoms with Gasteiger partial charge in [-0.1, -0.05) is 19.8 Å². The summed E-state index contributed by atoms with van der Waals surface area (Å²) in [5.74, 6) is 0.910. The summed E-state index contributed by atoms with van der Waals surface area (Å²) < 4.78 is 5.62. The maximum atomic E-state index is 5.62. The lowest BCUT2D eigenvalue weighted by atomic mass is 9.69. The number of ether oxygens (including phenoxy) is 1. The number of hydrogen-bond donors (Lipinski definition) is 1. The number of nitrogens with zero attached hydrogens (tertiary/aromatic N) is 1. The SMILES string of the molecule is CC1CCCC(CNC2CC2)(CN2CCCOCC2)C1. The maximum absolute atomic E-state index is 5.62. The molecule has 1 N–H and O–H groups in total. The molecule has 0 radical (unpaired) electrons. The zero-order valence-electron chi connectivity index (χ0n) is 13.2. The molecule has 2 saturated carbocycles. The summed E-state index contributed by atoms with van der Waals surface area (Å²) in [6, 6.07) is 0.844. The molecule has 0 aromatic rings. The standard InChI is InChI=1S/C17H32N2O/c1-15-4-2-7-17(12-15,13-18-16-5-6-16)14-19-8-3-10-20-11-9-19/h15-16,18H,2-14H2,1H3. The molecule has 0 spiro atoms. The van der Waals surface area contributed by atoms with Crippen molar-refractivity contribution in [2.24, 2.45) is 11.3 Å². The lowest BCUT2D eigenvalue weighted by Gasteiger charge is -2.43. The minimum atomic E-state index is 0.532. The zero-order chi connectivity index (χ0) is 13.8. The summed E-state index contributed by atoms with van der Waals surface area (Å²) in [6.45, 7) is 9.26. The Morgan fingerprint density at radius 3 is 2.85 bits per heavy atom. The van der Waals surface area contributed by atoms with Gasteiger partial charge in [0.25, 0.3) is 0 Å². The van der Waals surface area contributed by atoms with Crippen LogP contribution in [-0.4, -0.2) is 50.3 Å². The first kappa shape index (κ1) is 14.8. The molecule has 3 rings (SSSR count). The molecule has 2 atom stereocenters. The van der Waals surface area contributed by atoms with Gasteiger partial charge in [-0.15, -0.1) is 0 Å². The van der Waals surface area contributed by atoms with Crippen molar-refractivity contribution in [1.29, 1.82) is 0 Å². The van der Waals surface area contributed by atoms with Crippen molar-refractivity contribution in [2.45, 2.75) is 57.9 Å². The summed E-state index contributed by atoms with van der Waals surface area (Å²) >= 11 is 0. The van der Waals surface area contributed by atoms with Crippen molar-refractivity contribution >= 4 is 0 Å². The molecule has 1 saturated heterocycles. The highest BCUT2D eigenvalue weighted by Gasteiger charge is 2.37. The summed E-state index contributed by atoms with van der Waals surface area (Å²) in [6.07, 6.45) is 9.73. The molecule has 20 heavy (non-hydrogen) atoms. The Morgan fingerprint density at radius 2 is 2.05 bits per heavy atom. The third-order valence-electron chi connectivity index (χ3n) is 5.40. The minimum Gasteiger partial charge on any atom is -0.380 e. The summed E-state index contributed by atoms with van der Waals surface area (Å²) in [5, 5.41) is 3.83. The fourth-order valence-corrected chi connectivity index (χ4v) is 4.21. The van der Waals surface area contributed by atoms with Crippen LogP contribution >= 0.6 is 0 Å². The van der Waals surface area contributed by atoms with Gasteiger partial charge in [-0.2, -0.15) is 0 Å². The fraction of sp³-hybridized carbons (Fsp3) is 1.00. The van der Waals surface area contributed by atoms with Gasteiger partial charge in [0.1, 0.15) is 0 Å². The first-order chi connectivity index (χ1) is 9.76. The van der Waals surface area contributed by atoms with E-state index in [9.17, 15) is 0 Å². The molecule has 3 fully saturated rings. The smallest absolute Gasteiger partial charge is 0.0593 e.